The van der Waals surface area contributed by atoms with Crippen LogP contribution in [-0.4, -0.2) is 21.0 Å². The Morgan fingerprint density at radius 1 is 1.47 bits per heavy atom. The lowest BCUT2D eigenvalue weighted by molar-refractivity contribution is 0.622. The van der Waals surface area contributed by atoms with Crippen molar-refractivity contribution in [3.05, 3.63) is 35.7 Å². The van der Waals surface area contributed by atoms with E-state index >= 15 is 0 Å². The van der Waals surface area contributed by atoms with Crippen molar-refractivity contribution >= 4 is 0 Å². The van der Waals surface area contributed by atoms with Crippen molar-refractivity contribution in [1.82, 2.24) is 15.0 Å². The number of nitrogens with one attached hydrogen (secondary N) is 1. The molecule has 0 fully saturated rings. The Bertz CT molecular complexity index is 502. The van der Waals surface area contributed by atoms with Gasteiger partial charge < -0.3 is 10.7 Å². The van der Waals surface area contributed by atoms with Crippen LogP contribution in [0, 0.1) is 12.7 Å². The number of imidazole rings is 1. The number of hydrogen-bond donors (Lipinski definition) is 2. The molecule has 0 spiro atoms. The Morgan fingerprint density at radius 2 is 2.24 bits per heavy atom. The summed E-state index contributed by atoms with van der Waals surface area (Å²) in [5.74, 6) is 0.483. The molecular formula is C12H15FN4. The number of nitrogens with two attached hydrogens (primary N) is 1. The van der Waals surface area contributed by atoms with E-state index in [9.17, 15) is 4.39 Å². The van der Waals surface area contributed by atoms with E-state index in [2.05, 4.69) is 15.0 Å². The van der Waals surface area contributed by atoms with Crippen molar-refractivity contribution in [2.75, 3.05) is 0 Å². The number of pyridine rings is 1. The van der Waals surface area contributed by atoms with Crippen LogP contribution in [0.5, 0.6) is 0 Å². The van der Waals surface area contributed by atoms with Gasteiger partial charge in [0.25, 0.3) is 0 Å². The molecule has 0 aliphatic rings. The van der Waals surface area contributed by atoms with Gasteiger partial charge in [-0.05, 0) is 26.0 Å². The molecule has 0 aromatic carbocycles. The number of aromatic amines is 1. The molecule has 1 atom stereocenters. The molecule has 0 aliphatic heterocycles. The summed E-state index contributed by atoms with van der Waals surface area (Å²) in [5, 5.41) is 0. The number of halogens is 1. The summed E-state index contributed by atoms with van der Waals surface area (Å²) in [5.41, 5.74) is 8.05. The average molecular weight is 234 g/mol. The van der Waals surface area contributed by atoms with Crippen LogP contribution in [0.4, 0.5) is 4.39 Å². The monoisotopic (exact) mass is 234 g/mol. The highest BCUT2D eigenvalue weighted by molar-refractivity contribution is 5.56. The van der Waals surface area contributed by atoms with Crippen molar-refractivity contribution in [2.24, 2.45) is 5.73 Å². The Labute approximate surface area is 99.1 Å². The van der Waals surface area contributed by atoms with Gasteiger partial charge in [-0.3, -0.25) is 4.98 Å². The van der Waals surface area contributed by atoms with Crippen LogP contribution < -0.4 is 5.73 Å². The van der Waals surface area contributed by atoms with Gasteiger partial charge in [-0.1, -0.05) is 0 Å². The molecule has 5 heteroatoms. The fraction of sp³-hybridized carbons (Fsp3) is 0.333. The molecule has 2 rings (SSSR count). The summed E-state index contributed by atoms with van der Waals surface area (Å²) >= 11 is 0. The number of aromatic nitrogens is 3. The minimum atomic E-state index is -0.349. The summed E-state index contributed by atoms with van der Waals surface area (Å²) < 4.78 is 12.8. The van der Waals surface area contributed by atoms with E-state index in [-0.39, 0.29) is 11.9 Å². The normalized spacial score (nSPS) is 12.7. The predicted octanol–water partition coefficient (Wildman–Crippen LogP) is 1.81. The van der Waals surface area contributed by atoms with Crippen LogP contribution in [0.25, 0.3) is 11.4 Å². The Kier molecular flexibility index (Phi) is 3.19. The van der Waals surface area contributed by atoms with E-state index in [1.54, 1.807) is 6.07 Å². The summed E-state index contributed by atoms with van der Waals surface area (Å²) in [6.45, 7) is 3.84. The minimum Gasteiger partial charge on any atom is -0.345 e. The zero-order valence-electron chi connectivity index (χ0n) is 9.87. The lowest BCUT2D eigenvalue weighted by Crippen LogP contribution is -2.18. The maximum Gasteiger partial charge on any atom is 0.141 e. The molecule has 0 saturated carbocycles. The van der Waals surface area contributed by atoms with Gasteiger partial charge in [0.05, 0.1) is 11.9 Å². The van der Waals surface area contributed by atoms with Crippen LogP contribution in [0.3, 0.4) is 0 Å². The lowest BCUT2D eigenvalue weighted by atomic mass is 10.2. The van der Waals surface area contributed by atoms with Crippen LogP contribution in [0.15, 0.2) is 18.3 Å². The highest BCUT2D eigenvalue weighted by atomic mass is 19.1. The van der Waals surface area contributed by atoms with E-state index in [4.69, 9.17) is 5.73 Å². The standard InChI is InChI=1S/C12H15FN4/c1-7(14)5-11-16-8(2)12(17-11)10-4-3-9(13)6-15-10/h3-4,6-7H,5,14H2,1-2H3,(H,16,17). The zero-order valence-corrected chi connectivity index (χ0v) is 9.87. The van der Waals surface area contributed by atoms with Crippen molar-refractivity contribution in [2.45, 2.75) is 26.3 Å². The number of hydrogen-bond acceptors (Lipinski definition) is 3. The van der Waals surface area contributed by atoms with Crippen LogP contribution in [0.2, 0.25) is 0 Å². The molecule has 2 heterocycles. The second-order valence-corrected chi connectivity index (χ2v) is 4.20. The van der Waals surface area contributed by atoms with Gasteiger partial charge in [0.2, 0.25) is 0 Å². The SMILES string of the molecule is Cc1[nH]c(CC(C)N)nc1-c1ccc(F)cn1. The molecule has 0 aliphatic carbocycles. The third-order valence-corrected chi connectivity index (χ3v) is 2.42. The number of rotatable bonds is 3. The molecular weight excluding hydrogens is 219 g/mol. The largest absolute Gasteiger partial charge is 0.345 e. The molecule has 0 saturated heterocycles. The summed E-state index contributed by atoms with van der Waals surface area (Å²) in [6.07, 6.45) is 1.87. The molecule has 90 valence electrons. The average Bonchev–Trinajstić information content (AvgIpc) is 2.59. The number of aryl methyl sites for hydroxylation is 1. The lowest BCUT2D eigenvalue weighted by Gasteiger charge is -1.99. The second kappa shape index (κ2) is 4.63. The first kappa shape index (κ1) is 11.7. The Hall–Kier alpha value is -1.75. The third kappa shape index (κ3) is 2.68. The number of nitrogens with zero attached hydrogens (tertiary/aromatic N) is 2. The third-order valence-electron chi connectivity index (χ3n) is 2.42. The second-order valence-electron chi connectivity index (χ2n) is 4.20. The van der Waals surface area contributed by atoms with Gasteiger partial charge >= 0.3 is 0 Å². The highest BCUT2D eigenvalue weighted by Gasteiger charge is 2.11. The van der Waals surface area contributed by atoms with Crippen LogP contribution >= 0.6 is 0 Å². The first-order chi connectivity index (χ1) is 8.06. The van der Waals surface area contributed by atoms with E-state index in [0.717, 1.165) is 17.2 Å². The zero-order chi connectivity index (χ0) is 12.4. The van der Waals surface area contributed by atoms with E-state index in [0.29, 0.717) is 12.1 Å². The topological polar surface area (TPSA) is 67.6 Å². The minimum absolute atomic E-state index is 0.0505. The quantitative estimate of drug-likeness (QED) is 0.851. The molecule has 0 radical (unpaired) electrons. The first-order valence-corrected chi connectivity index (χ1v) is 5.49. The number of H-pyrrole nitrogens is 1. The predicted molar refractivity (Wildman–Crippen MR) is 63.9 cm³/mol. The smallest absolute Gasteiger partial charge is 0.141 e. The summed E-state index contributed by atoms with van der Waals surface area (Å²) in [7, 11) is 0. The van der Waals surface area contributed by atoms with Gasteiger partial charge in [-0.15, -0.1) is 0 Å². The molecule has 2 aromatic rings. The van der Waals surface area contributed by atoms with Crippen LogP contribution in [-0.2, 0) is 6.42 Å². The molecule has 1 unspecified atom stereocenters. The Morgan fingerprint density at radius 3 is 2.82 bits per heavy atom. The summed E-state index contributed by atoms with van der Waals surface area (Å²) in [4.78, 5) is 11.6. The molecule has 2 aromatic heterocycles. The van der Waals surface area contributed by atoms with Gasteiger partial charge in [-0.25, -0.2) is 9.37 Å². The molecule has 0 amide bonds. The molecule has 4 nitrogen and oxygen atoms in total. The van der Waals surface area contributed by atoms with Crippen molar-refractivity contribution in [3.8, 4) is 11.4 Å². The van der Waals surface area contributed by atoms with Gasteiger partial charge in [0, 0.05) is 18.2 Å². The fourth-order valence-corrected chi connectivity index (χ4v) is 1.69. The van der Waals surface area contributed by atoms with Crippen molar-refractivity contribution in [1.29, 1.82) is 0 Å². The van der Waals surface area contributed by atoms with E-state index in [1.165, 1.54) is 12.3 Å². The van der Waals surface area contributed by atoms with E-state index in [1.807, 2.05) is 13.8 Å². The van der Waals surface area contributed by atoms with Crippen molar-refractivity contribution in [3.63, 3.8) is 0 Å². The van der Waals surface area contributed by atoms with Gasteiger partial charge in [0.1, 0.15) is 17.3 Å². The van der Waals surface area contributed by atoms with Gasteiger partial charge in [0.15, 0.2) is 0 Å². The van der Waals surface area contributed by atoms with Crippen molar-refractivity contribution < 1.29 is 4.39 Å². The van der Waals surface area contributed by atoms with Gasteiger partial charge in [-0.2, -0.15) is 0 Å². The summed E-state index contributed by atoms with van der Waals surface area (Å²) in [6, 6.07) is 3.05. The maximum absolute atomic E-state index is 12.8. The Balaban J connectivity index is 2.32. The molecule has 17 heavy (non-hydrogen) atoms. The first-order valence-electron chi connectivity index (χ1n) is 5.49. The van der Waals surface area contributed by atoms with Crippen LogP contribution in [0.1, 0.15) is 18.4 Å². The van der Waals surface area contributed by atoms with E-state index < -0.39 is 0 Å². The molecule has 0 bridgehead atoms. The molecule has 3 N–H and O–H groups in total. The fourth-order valence-electron chi connectivity index (χ4n) is 1.69. The highest BCUT2D eigenvalue weighted by Crippen LogP contribution is 2.19. The maximum atomic E-state index is 12.8.